The lowest BCUT2D eigenvalue weighted by Gasteiger charge is -2.29. The normalized spacial score (nSPS) is 26.5. The van der Waals surface area contributed by atoms with Gasteiger partial charge < -0.3 is 19.7 Å². The second-order valence-corrected chi connectivity index (χ2v) is 5.06. The average Bonchev–Trinajstić information content (AvgIpc) is 2.97. The fraction of sp³-hybridized carbons (Fsp3) is 0.571. The summed E-state index contributed by atoms with van der Waals surface area (Å²) in [5.74, 6) is 0.907. The maximum absolute atomic E-state index is 12.3. The Morgan fingerprint density at radius 1 is 1.45 bits per heavy atom. The van der Waals surface area contributed by atoms with Crippen molar-refractivity contribution in [2.75, 3.05) is 32.8 Å². The number of carbonyl (C=O) groups excluding carboxylic acids is 1. The van der Waals surface area contributed by atoms with Crippen LogP contribution in [0.2, 0.25) is 0 Å². The Morgan fingerprint density at radius 3 is 3.05 bits per heavy atom. The van der Waals surface area contributed by atoms with E-state index < -0.39 is 0 Å². The predicted molar refractivity (Wildman–Crippen MR) is 72.5 cm³/mol. The van der Waals surface area contributed by atoms with Gasteiger partial charge in [0.05, 0.1) is 25.5 Å². The van der Waals surface area contributed by atoms with Crippen molar-refractivity contribution in [1.29, 1.82) is 0 Å². The van der Waals surface area contributed by atoms with Gasteiger partial charge in [-0.3, -0.25) is 9.78 Å². The van der Waals surface area contributed by atoms with Gasteiger partial charge in [-0.05, 0) is 12.1 Å². The third kappa shape index (κ3) is 3.08. The van der Waals surface area contributed by atoms with Crippen LogP contribution in [0.1, 0.15) is 6.42 Å². The number of amides is 1. The van der Waals surface area contributed by atoms with Crippen molar-refractivity contribution in [2.45, 2.75) is 18.6 Å². The van der Waals surface area contributed by atoms with E-state index >= 15 is 0 Å². The van der Waals surface area contributed by atoms with E-state index in [1.807, 2.05) is 17.0 Å². The molecule has 2 aliphatic heterocycles. The Balaban J connectivity index is 1.52. The van der Waals surface area contributed by atoms with Crippen molar-refractivity contribution < 1.29 is 14.3 Å². The number of aromatic nitrogens is 1. The van der Waals surface area contributed by atoms with Gasteiger partial charge in [-0.1, -0.05) is 0 Å². The van der Waals surface area contributed by atoms with Crippen LogP contribution in [0.15, 0.2) is 24.5 Å². The molecule has 0 spiro atoms. The summed E-state index contributed by atoms with van der Waals surface area (Å²) in [4.78, 5) is 18.2. The van der Waals surface area contributed by atoms with E-state index in [1.165, 1.54) is 0 Å². The smallest absolute Gasteiger partial charge is 0.240 e. The summed E-state index contributed by atoms with van der Waals surface area (Å²) in [5, 5.41) is 3.25. The predicted octanol–water partition coefficient (Wildman–Crippen LogP) is 0.0497. The molecule has 3 heterocycles. The average molecular weight is 277 g/mol. The van der Waals surface area contributed by atoms with Crippen molar-refractivity contribution >= 4 is 5.91 Å². The Hall–Kier alpha value is -1.66. The summed E-state index contributed by atoms with van der Waals surface area (Å²) in [5.41, 5.74) is 0. The van der Waals surface area contributed by atoms with Crippen LogP contribution in [0.5, 0.6) is 5.75 Å². The molecule has 1 aromatic rings. The number of carbonyl (C=O) groups is 1. The minimum atomic E-state index is -0.144. The molecule has 2 unspecified atom stereocenters. The number of pyridine rings is 1. The molecule has 1 amide bonds. The van der Waals surface area contributed by atoms with Crippen molar-refractivity contribution in [3.05, 3.63) is 24.5 Å². The van der Waals surface area contributed by atoms with Crippen LogP contribution < -0.4 is 10.1 Å². The van der Waals surface area contributed by atoms with Crippen molar-refractivity contribution in [2.24, 2.45) is 0 Å². The number of rotatable bonds is 3. The number of morpholine rings is 1. The van der Waals surface area contributed by atoms with Crippen LogP contribution in [-0.2, 0) is 9.53 Å². The highest BCUT2D eigenvalue weighted by atomic mass is 16.5. The minimum absolute atomic E-state index is 0.0224. The summed E-state index contributed by atoms with van der Waals surface area (Å²) < 4.78 is 11.1. The van der Waals surface area contributed by atoms with Crippen LogP contribution in [0, 0.1) is 0 Å². The summed E-state index contributed by atoms with van der Waals surface area (Å²) in [6, 6.07) is 3.58. The van der Waals surface area contributed by atoms with Crippen LogP contribution in [0.4, 0.5) is 0 Å². The van der Waals surface area contributed by atoms with Gasteiger partial charge in [-0.2, -0.15) is 0 Å². The van der Waals surface area contributed by atoms with Gasteiger partial charge in [0, 0.05) is 32.3 Å². The van der Waals surface area contributed by atoms with Crippen molar-refractivity contribution in [3.8, 4) is 5.75 Å². The van der Waals surface area contributed by atoms with E-state index in [1.54, 1.807) is 12.4 Å². The number of nitrogens with one attached hydrogen (secondary N) is 1. The van der Waals surface area contributed by atoms with Gasteiger partial charge in [0.15, 0.2) is 0 Å². The molecule has 2 saturated heterocycles. The molecule has 108 valence electrons. The molecule has 1 N–H and O–H groups in total. The molecule has 0 aromatic carbocycles. The molecule has 0 saturated carbocycles. The summed E-state index contributed by atoms with van der Waals surface area (Å²) in [6.07, 6.45) is 4.13. The summed E-state index contributed by atoms with van der Waals surface area (Å²) >= 11 is 0. The number of hydrogen-bond acceptors (Lipinski definition) is 5. The molecule has 2 fully saturated rings. The van der Waals surface area contributed by atoms with E-state index in [9.17, 15) is 4.79 Å². The largest absolute Gasteiger partial charge is 0.487 e. The van der Waals surface area contributed by atoms with Crippen LogP contribution in [0.3, 0.4) is 0 Å². The zero-order chi connectivity index (χ0) is 13.8. The third-order valence-corrected chi connectivity index (χ3v) is 3.65. The van der Waals surface area contributed by atoms with Crippen molar-refractivity contribution in [3.63, 3.8) is 0 Å². The molecule has 1 aromatic heterocycles. The third-order valence-electron chi connectivity index (χ3n) is 3.65. The first-order chi connectivity index (χ1) is 9.83. The molecule has 6 heteroatoms. The van der Waals surface area contributed by atoms with E-state index in [2.05, 4.69) is 10.3 Å². The van der Waals surface area contributed by atoms with Crippen LogP contribution >= 0.6 is 0 Å². The van der Waals surface area contributed by atoms with Gasteiger partial charge in [-0.15, -0.1) is 0 Å². The zero-order valence-corrected chi connectivity index (χ0v) is 11.3. The molecular formula is C14H19N3O3. The lowest BCUT2D eigenvalue weighted by molar-refractivity contribution is -0.137. The first kappa shape index (κ1) is 13.3. The Bertz CT molecular complexity index is 448. The standard InChI is InChI=1S/C14H19N3O3/c18-14(17-4-6-19-7-5-17)13-8-12(10-16-13)20-11-2-1-3-15-9-11/h1-3,9,12-13,16H,4-8,10H2. The van der Waals surface area contributed by atoms with Gasteiger partial charge in [0.2, 0.25) is 5.91 Å². The molecule has 0 bridgehead atoms. The first-order valence-electron chi connectivity index (χ1n) is 6.99. The zero-order valence-electron chi connectivity index (χ0n) is 11.3. The highest BCUT2D eigenvalue weighted by Crippen LogP contribution is 2.17. The van der Waals surface area contributed by atoms with Gasteiger partial charge in [0.1, 0.15) is 11.9 Å². The van der Waals surface area contributed by atoms with Gasteiger partial charge in [0.25, 0.3) is 0 Å². The van der Waals surface area contributed by atoms with E-state index in [0.717, 1.165) is 5.75 Å². The molecule has 20 heavy (non-hydrogen) atoms. The highest BCUT2D eigenvalue weighted by Gasteiger charge is 2.33. The maximum Gasteiger partial charge on any atom is 0.240 e. The fourth-order valence-corrected chi connectivity index (χ4v) is 2.59. The Morgan fingerprint density at radius 2 is 2.30 bits per heavy atom. The molecule has 2 aliphatic rings. The fourth-order valence-electron chi connectivity index (χ4n) is 2.59. The lowest BCUT2D eigenvalue weighted by atomic mass is 10.1. The summed E-state index contributed by atoms with van der Waals surface area (Å²) in [6.45, 7) is 3.33. The van der Waals surface area contributed by atoms with E-state index in [-0.39, 0.29) is 18.1 Å². The molecule has 6 nitrogen and oxygen atoms in total. The first-order valence-corrected chi connectivity index (χ1v) is 6.99. The Labute approximate surface area is 118 Å². The number of nitrogens with zero attached hydrogens (tertiary/aromatic N) is 2. The summed E-state index contributed by atoms with van der Waals surface area (Å²) in [7, 11) is 0. The van der Waals surface area contributed by atoms with Gasteiger partial charge in [-0.25, -0.2) is 0 Å². The minimum Gasteiger partial charge on any atom is -0.487 e. The molecule has 0 radical (unpaired) electrons. The van der Waals surface area contributed by atoms with Gasteiger partial charge >= 0.3 is 0 Å². The lowest BCUT2D eigenvalue weighted by Crippen LogP contribution is -2.48. The monoisotopic (exact) mass is 277 g/mol. The topological polar surface area (TPSA) is 63.7 Å². The molecule has 0 aliphatic carbocycles. The molecule has 3 rings (SSSR count). The van der Waals surface area contributed by atoms with E-state index in [4.69, 9.17) is 9.47 Å². The Kier molecular flexibility index (Phi) is 4.13. The quantitative estimate of drug-likeness (QED) is 0.846. The van der Waals surface area contributed by atoms with Crippen molar-refractivity contribution in [1.82, 2.24) is 15.2 Å². The second kappa shape index (κ2) is 6.19. The molecule has 2 atom stereocenters. The number of ether oxygens (including phenoxy) is 2. The van der Waals surface area contributed by atoms with Crippen LogP contribution in [-0.4, -0.2) is 60.8 Å². The van der Waals surface area contributed by atoms with Crippen LogP contribution in [0.25, 0.3) is 0 Å². The second-order valence-electron chi connectivity index (χ2n) is 5.06. The van der Waals surface area contributed by atoms with E-state index in [0.29, 0.717) is 39.3 Å². The number of hydrogen-bond donors (Lipinski definition) is 1. The maximum atomic E-state index is 12.3. The molecular weight excluding hydrogens is 258 g/mol. The SMILES string of the molecule is O=C(C1CC(Oc2cccnc2)CN1)N1CCOCC1. The highest BCUT2D eigenvalue weighted by molar-refractivity contribution is 5.82.